The van der Waals surface area contributed by atoms with Crippen LogP contribution in [0.15, 0.2) is 60.9 Å². The highest BCUT2D eigenvalue weighted by Gasteiger charge is 2.31. The minimum absolute atomic E-state index is 0.0481. The number of hydrogen-bond acceptors (Lipinski definition) is 5. The fourth-order valence-corrected chi connectivity index (χ4v) is 2.57. The number of aromatic nitrogens is 2. The Balaban J connectivity index is 1.83. The zero-order valence-electron chi connectivity index (χ0n) is 16.0. The van der Waals surface area contributed by atoms with E-state index in [1.54, 1.807) is 42.7 Å². The minimum Gasteiger partial charge on any atom is -0.491 e. The largest absolute Gasteiger partial charge is 0.491 e. The van der Waals surface area contributed by atoms with Crippen molar-refractivity contribution < 1.29 is 22.7 Å². The summed E-state index contributed by atoms with van der Waals surface area (Å²) in [6, 6.07) is 11.1. The molecule has 0 aliphatic heterocycles. The predicted octanol–water partition coefficient (Wildman–Crippen LogP) is 5.28. The summed E-state index contributed by atoms with van der Waals surface area (Å²) in [7, 11) is 0. The fraction of sp³-hybridized carbons (Fsp3) is 0.190. The van der Waals surface area contributed by atoms with Crippen LogP contribution in [0.4, 0.5) is 30.5 Å². The molecule has 0 aliphatic rings. The van der Waals surface area contributed by atoms with Crippen molar-refractivity contribution in [2.45, 2.75) is 19.5 Å². The molecule has 2 N–H and O–H groups in total. The van der Waals surface area contributed by atoms with Gasteiger partial charge in [0.25, 0.3) is 5.91 Å². The summed E-state index contributed by atoms with van der Waals surface area (Å²) in [5.74, 6) is -0.0540. The van der Waals surface area contributed by atoms with Crippen LogP contribution in [0.2, 0.25) is 0 Å². The first-order valence-electron chi connectivity index (χ1n) is 9.16. The molecule has 0 aliphatic carbocycles. The molecule has 3 aromatic rings. The molecule has 0 unspecified atom stereocenters. The maximum atomic E-state index is 13.1. The van der Waals surface area contributed by atoms with Gasteiger partial charge in [-0.05, 0) is 48.9 Å². The van der Waals surface area contributed by atoms with Gasteiger partial charge in [-0.2, -0.15) is 13.2 Å². The minimum atomic E-state index is -4.54. The molecule has 0 fully saturated rings. The number of alkyl halides is 3. The van der Waals surface area contributed by atoms with E-state index in [2.05, 4.69) is 20.6 Å². The van der Waals surface area contributed by atoms with Crippen molar-refractivity contribution in [1.29, 1.82) is 0 Å². The Morgan fingerprint density at radius 3 is 2.53 bits per heavy atom. The SMILES string of the molecule is CCCOc1ccc(C(F)(F)F)cc1NC(=O)c1cccc(Nc2ncccn2)c1. The summed E-state index contributed by atoms with van der Waals surface area (Å²) in [6.45, 7) is 2.18. The topological polar surface area (TPSA) is 76.1 Å². The lowest BCUT2D eigenvalue weighted by molar-refractivity contribution is -0.137. The van der Waals surface area contributed by atoms with Gasteiger partial charge < -0.3 is 15.4 Å². The number of ether oxygens (including phenoxy) is 1. The summed E-state index contributed by atoms with van der Waals surface area (Å²) < 4.78 is 44.8. The zero-order chi connectivity index (χ0) is 21.6. The number of amides is 1. The molecule has 9 heteroatoms. The van der Waals surface area contributed by atoms with Crippen molar-refractivity contribution in [3.8, 4) is 5.75 Å². The van der Waals surface area contributed by atoms with Crippen LogP contribution in [0.3, 0.4) is 0 Å². The Labute approximate surface area is 171 Å². The lowest BCUT2D eigenvalue weighted by Gasteiger charge is -2.15. The van der Waals surface area contributed by atoms with Crippen molar-refractivity contribution in [1.82, 2.24) is 9.97 Å². The molecule has 30 heavy (non-hydrogen) atoms. The van der Waals surface area contributed by atoms with Gasteiger partial charge in [0.1, 0.15) is 5.75 Å². The molecular formula is C21H19F3N4O2. The summed E-state index contributed by atoms with van der Waals surface area (Å²) in [5, 5.41) is 5.47. The molecule has 2 aromatic carbocycles. The first-order valence-corrected chi connectivity index (χ1v) is 9.16. The zero-order valence-corrected chi connectivity index (χ0v) is 16.0. The highest BCUT2D eigenvalue weighted by Crippen LogP contribution is 2.35. The summed E-state index contributed by atoms with van der Waals surface area (Å²) in [6.07, 6.45) is -0.735. The summed E-state index contributed by atoms with van der Waals surface area (Å²) in [5.41, 5.74) is -0.124. The number of nitrogens with one attached hydrogen (secondary N) is 2. The van der Waals surface area contributed by atoms with E-state index < -0.39 is 17.6 Å². The first kappa shape index (κ1) is 21.1. The number of anilines is 3. The second-order valence-electron chi connectivity index (χ2n) is 6.29. The number of carbonyl (C=O) groups is 1. The molecule has 0 atom stereocenters. The van der Waals surface area contributed by atoms with Crippen LogP contribution in [-0.4, -0.2) is 22.5 Å². The van der Waals surface area contributed by atoms with Crippen LogP contribution in [-0.2, 0) is 6.18 Å². The van der Waals surface area contributed by atoms with E-state index >= 15 is 0 Å². The molecule has 1 heterocycles. The van der Waals surface area contributed by atoms with E-state index in [1.807, 2.05) is 6.92 Å². The molecule has 156 valence electrons. The standard InChI is InChI=1S/C21H19F3N4O2/c1-2-11-30-18-8-7-15(21(22,23)24)13-17(18)28-19(29)14-5-3-6-16(12-14)27-20-25-9-4-10-26-20/h3-10,12-13H,2,11H2,1H3,(H,28,29)(H,25,26,27). The van der Waals surface area contributed by atoms with Crippen molar-refractivity contribution in [2.75, 3.05) is 17.2 Å². The van der Waals surface area contributed by atoms with E-state index in [-0.39, 0.29) is 17.0 Å². The van der Waals surface area contributed by atoms with E-state index in [1.165, 1.54) is 6.07 Å². The highest BCUT2D eigenvalue weighted by molar-refractivity contribution is 6.05. The van der Waals surface area contributed by atoms with Crippen LogP contribution in [0.1, 0.15) is 29.3 Å². The number of nitrogens with zero attached hydrogens (tertiary/aromatic N) is 2. The van der Waals surface area contributed by atoms with Gasteiger partial charge in [0.2, 0.25) is 5.95 Å². The van der Waals surface area contributed by atoms with Crippen LogP contribution in [0.25, 0.3) is 0 Å². The van der Waals surface area contributed by atoms with E-state index in [0.29, 0.717) is 24.7 Å². The Hall–Kier alpha value is -3.62. The molecule has 0 radical (unpaired) electrons. The van der Waals surface area contributed by atoms with Crippen LogP contribution >= 0.6 is 0 Å². The van der Waals surface area contributed by atoms with Crippen LogP contribution in [0.5, 0.6) is 5.75 Å². The number of rotatable bonds is 7. The van der Waals surface area contributed by atoms with Crippen molar-refractivity contribution in [3.05, 3.63) is 72.1 Å². The van der Waals surface area contributed by atoms with Gasteiger partial charge in [-0.1, -0.05) is 13.0 Å². The molecule has 0 bridgehead atoms. The van der Waals surface area contributed by atoms with Crippen molar-refractivity contribution in [2.24, 2.45) is 0 Å². The molecule has 3 rings (SSSR count). The monoisotopic (exact) mass is 416 g/mol. The molecule has 1 amide bonds. The molecule has 1 aromatic heterocycles. The molecule has 0 saturated carbocycles. The lowest BCUT2D eigenvalue weighted by Crippen LogP contribution is -2.15. The van der Waals surface area contributed by atoms with Gasteiger partial charge in [-0.15, -0.1) is 0 Å². The van der Waals surface area contributed by atoms with Gasteiger partial charge in [-0.3, -0.25) is 4.79 Å². The van der Waals surface area contributed by atoms with Gasteiger partial charge in [0.15, 0.2) is 0 Å². The maximum Gasteiger partial charge on any atom is 0.416 e. The molecule has 6 nitrogen and oxygen atoms in total. The van der Waals surface area contributed by atoms with E-state index in [0.717, 1.165) is 12.1 Å². The van der Waals surface area contributed by atoms with Gasteiger partial charge in [0, 0.05) is 23.6 Å². The lowest BCUT2D eigenvalue weighted by atomic mass is 10.1. The molecule has 0 spiro atoms. The molecular weight excluding hydrogens is 397 g/mol. The second kappa shape index (κ2) is 9.25. The molecule has 0 saturated heterocycles. The number of carbonyl (C=O) groups excluding carboxylic acids is 1. The smallest absolute Gasteiger partial charge is 0.416 e. The summed E-state index contributed by atoms with van der Waals surface area (Å²) in [4.78, 5) is 20.8. The number of benzene rings is 2. The van der Waals surface area contributed by atoms with Crippen molar-refractivity contribution >= 4 is 23.2 Å². The van der Waals surface area contributed by atoms with E-state index in [4.69, 9.17) is 4.74 Å². The first-order chi connectivity index (χ1) is 14.4. The van der Waals surface area contributed by atoms with Crippen LogP contribution in [0, 0.1) is 0 Å². The van der Waals surface area contributed by atoms with Crippen LogP contribution < -0.4 is 15.4 Å². The van der Waals surface area contributed by atoms with Gasteiger partial charge in [-0.25, -0.2) is 9.97 Å². The normalized spacial score (nSPS) is 11.1. The van der Waals surface area contributed by atoms with Gasteiger partial charge in [0.05, 0.1) is 17.9 Å². The average molecular weight is 416 g/mol. The maximum absolute atomic E-state index is 13.1. The third-order valence-corrected chi connectivity index (χ3v) is 3.96. The third kappa shape index (κ3) is 5.47. The Kier molecular flexibility index (Phi) is 6.51. The fourth-order valence-electron chi connectivity index (χ4n) is 2.57. The quantitative estimate of drug-likeness (QED) is 0.548. The number of halogens is 3. The number of hydrogen-bond donors (Lipinski definition) is 2. The van der Waals surface area contributed by atoms with Gasteiger partial charge >= 0.3 is 6.18 Å². The summed E-state index contributed by atoms with van der Waals surface area (Å²) >= 11 is 0. The predicted molar refractivity (Wildman–Crippen MR) is 107 cm³/mol. The van der Waals surface area contributed by atoms with E-state index in [9.17, 15) is 18.0 Å². The second-order valence-corrected chi connectivity index (χ2v) is 6.29. The Bertz CT molecular complexity index is 1010. The third-order valence-electron chi connectivity index (χ3n) is 3.96. The van der Waals surface area contributed by atoms with Crippen molar-refractivity contribution in [3.63, 3.8) is 0 Å². The average Bonchev–Trinajstić information content (AvgIpc) is 2.73. The Morgan fingerprint density at radius 2 is 1.83 bits per heavy atom. The Morgan fingerprint density at radius 1 is 1.07 bits per heavy atom. The highest BCUT2D eigenvalue weighted by atomic mass is 19.4.